The molecule has 0 aromatic heterocycles. The first-order valence-electron chi connectivity index (χ1n) is 3.57. The summed E-state index contributed by atoms with van der Waals surface area (Å²) in [5, 5.41) is 17.5. The Morgan fingerprint density at radius 1 is 1.38 bits per heavy atom. The first-order valence-corrected chi connectivity index (χ1v) is 4.49. The Hall–Kier alpha value is -0.645. The van der Waals surface area contributed by atoms with Gasteiger partial charge in [0.1, 0.15) is 5.82 Å². The maximum absolute atomic E-state index is 13.1. The van der Waals surface area contributed by atoms with Crippen molar-refractivity contribution in [2.75, 3.05) is 0 Å². The van der Waals surface area contributed by atoms with E-state index >= 15 is 0 Å². The summed E-state index contributed by atoms with van der Waals surface area (Å²) in [5.41, 5.74) is 0.533. The van der Waals surface area contributed by atoms with E-state index in [0.29, 0.717) is 5.56 Å². The van der Waals surface area contributed by atoms with Gasteiger partial charge >= 0.3 is 7.12 Å². The molecule has 0 unspecified atom stereocenters. The van der Waals surface area contributed by atoms with Crippen LogP contribution < -0.4 is 5.46 Å². The molecule has 0 radical (unpaired) electrons. The smallest absolute Gasteiger partial charge is 0.423 e. The van der Waals surface area contributed by atoms with Crippen LogP contribution in [0.1, 0.15) is 5.56 Å². The first-order chi connectivity index (χ1) is 6.15. The fourth-order valence-electron chi connectivity index (χ4n) is 0.907. The van der Waals surface area contributed by atoms with Crippen LogP contribution in [0.25, 0.3) is 6.08 Å². The second kappa shape index (κ2) is 4.55. The average Bonchev–Trinajstić information content (AvgIpc) is 2.08. The predicted molar refractivity (Wildman–Crippen MR) is 54.2 cm³/mol. The van der Waals surface area contributed by atoms with Crippen LogP contribution in [-0.2, 0) is 0 Å². The molecule has 0 aliphatic heterocycles. The highest BCUT2D eigenvalue weighted by Crippen LogP contribution is 2.08. The lowest BCUT2D eigenvalue weighted by molar-refractivity contribution is 0.425. The first kappa shape index (κ1) is 10.4. The summed E-state index contributed by atoms with van der Waals surface area (Å²) in [6.07, 6.45) is 1.53. The highest BCUT2D eigenvalue weighted by molar-refractivity contribution is 9.11. The van der Waals surface area contributed by atoms with E-state index in [0.717, 1.165) is 6.07 Å². The summed E-state index contributed by atoms with van der Waals surface area (Å²) >= 11 is 3.02. The highest BCUT2D eigenvalue weighted by atomic mass is 79.9. The molecule has 68 valence electrons. The van der Waals surface area contributed by atoms with E-state index in [-0.39, 0.29) is 5.46 Å². The third-order valence-corrected chi connectivity index (χ3v) is 1.83. The zero-order valence-electron chi connectivity index (χ0n) is 6.61. The van der Waals surface area contributed by atoms with E-state index in [4.69, 9.17) is 10.0 Å². The van der Waals surface area contributed by atoms with E-state index in [1.165, 1.54) is 23.2 Å². The molecule has 0 spiro atoms. The summed E-state index contributed by atoms with van der Waals surface area (Å²) in [4.78, 5) is 1.53. The molecular weight excluding hydrogens is 238 g/mol. The van der Waals surface area contributed by atoms with Crippen molar-refractivity contribution < 1.29 is 14.4 Å². The van der Waals surface area contributed by atoms with Crippen molar-refractivity contribution in [1.82, 2.24) is 0 Å². The van der Waals surface area contributed by atoms with Crippen LogP contribution in [0.3, 0.4) is 0 Å². The van der Waals surface area contributed by atoms with Gasteiger partial charge in [-0.3, -0.25) is 0 Å². The average molecular weight is 245 g/mol. The van der Waals surface area contributed by atoms with Gasteiger partial charge in [-0.25, -0.2) is 4.39 Å². The van der Waals surface area contributed by atoms with Gasteiger partial charge in [0, 0.05) is 5.56 Å². The van der Waals surface area contributed by atoms with Gasteiger partial charge in [-0.15, -0.1) is 0 Å². The van der Waals surface area contributed by atoms with Gasteiger partial charge in [0.05, 0.1) is 0 Å². The molecule has 0 aliphatic rings. The highest BCUT2D eigenvalue weighted by Gasteiger charge is 2.12. The summed E-state index contributed by atoms with van der Waals surface area (Å²) < 4.78 is 13.1. The van der Waals surface area contributed by atoms with Gasteiger partial charge in [0.25, 0.3) is 0 Å². The van der Waals surface area contributed by atoms with Crippen molar-refractivity contribution in [3.8, 4) is 0 Å². The molecule has 0 bridgehead atoms. The predicted octanol–water partition coefficient (Wildman–Crippen LogP) is 0.871. The molecule has 5 heteroatoms. The van der Waals surface area contributed by atoms with Crippen molar-refractivity contribution in [2.45, 2.75) is 0 Å². The summed E-state index contributed by atoms with van der Waals surface area (Å²) in [7, 11) is -1.63. The third-order valence-electron chi connectivity index (χ3n) is 1.57. The maximum Gasteiger partial charge on any atom is 0.488 e. The van der Waals surface area contributed by atoms with Crippen LogP contribution in [0.15, 0.2) is 23.2 Å². The Bertz CT molecular complexity index is 328. The van der Waals surface area contributed by atoms with Crippen molar-refractivity contribution in [3.63, 3.8) is 0 Å². The Balaban J connectivity index is 3.05. The quantitative estimate of drug-likeness (QED) is 0.759. The van der Waals surface area contributed by atoms with Crippen LogP contribution in [0, 0.1) is 5.82 Å². The zero-order valence-corrected chi connectivity index (χ0v) is 8.20. The molecule has 2 N–H and O–H groups in total. The molecule has 0 amide bonds. The zero-order chi connectivity index (χ0) is 9.84. The van der Waals surface area contributed by atoms with Crippen LogP contribution >= 0.6 is 15.9 Å². The largest absolute Gasteiger partial charge is 0.488 e. The maximum atomic E-state index is 13.1. The van der Waals surface area contributed by atoms with Crippen molar-refractivity contribution >= 4 is 34.6 Å². The minimum atomic E-state index is -1.63. The minimum Gasteiger partial charge on any atom is -0.423 e. The molecule has 0 saturated carbocycles. The molecule has 13 heavy (non-hydrogen) atoms. The van der Waals surface area contributed by atoms with Crippen molar-refractivity contribution in [1.29, 1.82) is 0 Å². The lowest BCUT2D eigenvalue weighted by Crippen LogP contribution is -2.30. The number of rotatable bonds is 2. The molecule has 0 saturated heterocycles. The molecule has 1 rings (SSSR count). The normalized spacial score (nSPS) is 10.8. The monoisotopic (exact) mass is 244 g/mol. The van der Waals surface area contributed by atoms with Gasteiger partial charge in [0.2, 0.25) is 0 Å². The van der Waals surface area contributed by atoms with Crippen LogP contribution in [-0.4, -0.2) is 17.2 Å². The topological polar surface area (TPSA) is 40.5 Å². The molecule has 1 aromatic rings. The van der Waals surface area contributed by atoms with Gasteiger partial charge in [-0.1, -0.05) is 28.1 Å². The fourth-order valence-corrected chi connectivity index (χ4v) is 1.19. The van der Waals surface area contributed by atoms with Gasteiger partial charge in [-0.2, -0.15) is 0 Å². The second-order valence-electron chi connectivity index (χ2n) is 2.45. The Morgan fingerprint density at radius 3 is 2.54 bits per heavy atom. The number of benzene rings is 1. The fraction of sp³-hybridized carbons (Fsp3) is 0. The third kappa shape index (κ3) is 2.65. The second-order valence-corrected chi connectivity index (χ2v) is 2.98. The van der Waals surface area contributed by atoms with E-state index in [1.54, 1.807) is 0 Å². The molecule has 0 aliphatic carbocycles. The standard InChI is InChI=1S/C8H7BBrFO2/c10-4-3-6-1-2-7(9(12)13)5-8(6)11/h1-5,12-13H/b4-3+. The van der Waals surface area contributed by atoms with E-state index in [1.807, 2.05) is 0 Å². The van der Waals surface area contributed by atoms with E-state index < -0.39 is 12.9 Å². The van der Waals surface area contributed by atoms with Gasteiger partial charge < -0.3 is 10.0 Å². The Labute approximate surface area is 84.0 Å². The van der Waals surface area contributed by atoms with Crippen molar-refractivity contribution in [2.24, 2.45) is 0 Å². The molecule has 0 fully saturated rings. The summed E-state index contributed by atoms with van der Waals surface area (Å²) in [6.45, 7) is 0. The number of halogens is 2. The van der Waals surface area contributed by atoms with E-state index in [2.05, 4.69) is 15.9 Å². The molecular formula is C8H7BBrFO2. The Kier molecular flexibility index (Phi) is 3.65. The molecule has 0 heterocycles. The van der Waals surface area contributed by atoms with E-state index in [9.17, 15) is 4.39 Å². The summed E-state index contributed by atoms with van der Waals surface area (Å²) in [5.74, 6) is -0.485. The molecule has 2 nitrogen and oxygen atoms in total. The minimum absolute atomic E-state index is 0.143. The molecule has 0 atom stereocenters. The van der Waals surface area contributed by atoms with Gasteiger partial charge in [0.15, 0.2) is 0 Å². The van der Waals surface area contributed by atoms with Crippen LogP contribution in [0.2, 0.25) is 0 Å². The van der Waals surface area contributed by atoms with Crippen LogP contribution in [0.5, 0.6) is 0 Å². The number of hydrogen-bond acceptors (Lipinski definition) is 2. The van der Waals surface area contributed by atoms with Crippen LogP contribution in [0.4, 0.5) is 4.39 Å². The molecule has 1 aromatic carbocycles. The van der Waals surface area contributed by atoms with Crippen molar-refractivity contribution in [3.05, 3.63) is 34.6 Å². The summed E-state index contributed by atoms with van der Waals surface area (Å²) in [6, 6.07) is 4.02. The SMILES string of the molecule is OB(O)c1ccc(/C=C/Br)c(F)c1. The van der Waals surface area contributed by atoms with Gasteiger partial charge in [-0.05, 0) is 22.6 Å². The lowest BCUT2D eigenvalue weighted by atomic mass is 9.80. The number of hydrogen-bond donors (Lipinski definition) is 2. The lowest BCUT2D eigenvalue weighted by Gasteiger charge is -2.01. The Morgan fingerprint density at radius 2 is 2.08 bits per heavy atom.